The van der Waals surface area contributed by atoms with Gasteiger partial charge in [0.05, 0.1) is 32.5 Å². The molecule has 0 spiro atoms. The summed E-state index contributed by atoms with van der Waals surface area (Å²) in [5.74, 6) is 0.834. The minimum Gasteiger partial charge on any atom is -0.494 e. The molecule has 4 nitrogen and oxygen atoms in total. The summed E-state index contributed by atoms with van der Waals surface area (Å²) < 4.78 is 16.2. The predicted octanol–water partition coefficient (Wildman–Crippen LogP) is 2.14. The number of rotatable bonds is 9. The molecule has 102 valence electrons. The molecule has 0 radical (unpaired) electrons. The molecule has 2 N–H and O–H groups in total. The first kappa shape index (κ1) is 15.0. The summed E-state index contributed by atoms with van der Waals surface area (Å²) in [4.78, 5) is 0. The highest BCUT2D eigenvalue weighted by Gasteiger charge is 2.11. The zero-order chi connectivity index (χ0) is 13.2. The van der Waals surface area contributed by atoms with Crippen molar-refractivity contribution in [3.05, 3.63) is 29.8 Å². The van der Waals surface area contributed by atoms with Crippen molar-refractivity contribution >= 4 is 0 Å². The Balaban J connectivity index is 2.42. The van der Waals surface area contributed by atoms with Crippen LogP contribution in [0.4, 0.5) is 0 Å². The Kier molecular flexibility index (Phi) is 7.41. The summed E-state index contributed by atoms with van der Waals surface area (Å²) in [6.45, 7) is 6.91. The average Bonchev–Trinajstić information content (AvgIpc) is 2.39. The van der Waals surface area contributed by atoms with E-state index in [9.17, 15) is 0 Å². The van der Waals surface area contributed by atoms with E-state index in [1.165, 1.54) is 0 Å². The molecular formula is C14H23NO3. The zero-order valence-corrected chi connectivity index (χ0v) is 11.2. The highest BCUT2D eigenvalue weighted by molar-refractivity contribution is 5.35. The second kappa shape index (κ2) is 8.91. The lowest BCUT2D eigenvalue weighted by Gasteiger charge is -2.16. The maximum absolute atomic E-state index is 6.10. The van der Waals surface area contributed by atoms with Gasteiger partial charge in [-0.3, -0.25) is 0 Å². The van der Waals surface area contributed by atoms with Crippen LogP contribution in [0.15, 0.2) is 24.3 Å². The van der Waals surface area contributed by atoms with Gasteiger partial charge in [-0.25, -0.2) is 0 Å². The van der Waals surface area contributed by atoms with E-state index in [0.717, 1.165) is 11.3 Å². The van der Waals surface area contributed by atoms with Crippen LogP contribution in [0.5, 0.6) is 5.75 Å². The van der Waals surface area contributed by atoms with Crippen LogP contribution >= 0.6 is 0 Å². The third-order valence-corrected chi connectivity index (χ3v) is 2.49. The van der Waals surface area contributed by atoms with Gasteiger partial charge in [0.15, 0.2) is 0 Å². The van der Waals surface area contributed by atoms with Crippen LogP contribution < -0.4 is 10.5 Å². The second-order valence-corrected chi connectivity index (χ2v) is 3.85. The van der Waals surface area contributed by atoms with Crippen LogP contribution in [0.1, 0.15) is 25.5 Å². The first-order chi connectivity index (χ1) is 8.79. The Morgan fingerprint density at radius 2 is 1.78 bits per heavy atom. The Labute approximate surface area is 109 Å². The minimum atomic E-state index is -0.172. The molecule has 1 aromatic carbocycles. The predicted molar refractivity (Wildman–Crippen MR) is 71.9 cm³/mol. The SMILES string of the molecule is CCOCCOCC(N)c1ccccc1OCC. The fourth-order valence-electron chi connectivity index (χ4n) is 1.64. The van der Waals surface area contributed by atoms with Gasteiger partial charge in [0.2, 0.25) is 0 Å². The van der Waals surface area contributed by atoms with Gasteiger partial charge in [-0.15, -0.1) is 0 Å². The van der Waals surface area contributed by atoms with Gasteiger partial charge < -0.3 is 19.9 Å². The van der Waals surface area contributed by atoms with Crippen molar-refractivity contribution in [2.45, 2.75) is 19.9 Å². The van der Waals surface area contributed by atoms with Crippen LogP contribution in [-0.2, 0) is 9.47 Å². The number of hydrogen-bond donors (Lipinski definition) is 1. The van der Waals surface area contributed by atoms with Crippen molar-refractivity contribution in [2.24, 2.45) is 5.73 Å². The highest BCUT2D eigenvalue weighted by atomic mass is 16.5. The van der Waals surface area contributed by atoms with Crippen molar-refractivity contribution in [1.29, 1.82) is 0 Å². The average molecular weight is 253 g/mol. The van der Waals surface area contributed by atoms with Gasteiger partial charge in [-0.1, -0.05) is 18.2 Å². The molecule has 4 heteroatoms. The minimum absolute atomic E-state index is 0.172. The van der Waals surface area contributed by atoms with E-state index in [1.54, 1.807) is 0 Å². The fourth-order valence-corrected chi connectivity index (χ4v) is 1.64. The van der Waals surface area contributed by atoms with Crippen molar-refractivity contribution in [3.63, 3.8) is 0 Å². The summed E-state index contributed by atoms with van der Waals surface area (Å²) in [5.41, 5.74) is 7.08. The van der Waals surface area contributed by atoms with E-state index in [1.807, 2.05) is 38.1 Å². The molecule has 1 rings (SSSR count). The van der Waals surface area contributed by atoms with E-state index >= 15 is 0 Å². The molecule has 0 aromatic heterocycles. The summed E-state index contributed by atoms with van der Waals surface area (Å²) in [6.07, 6.45) is 0. The molecule has 0 saturated carbocycles. The standard InChI is InChI=1S/C14H23NO3/c1-3-16-9-10-17-11-13(15)12-7-5-6-8-14(12)18-4-2/h5-8,13H,3-4,9-11,15H2,1-2H3. The highest BCUT2D eigenvalue weighted by Crippen LogP contribution is 2.23. The lowest BCUT2D eigenvalue weighted by Crippen LogP contribution is -2.19. The van der Waals surface area contributed by atoms with E-state index in [0.29, 0.717) is 33.0 Å². The maximum atomic E-state index is 6.10. The maximum Gasteiger partial charge on any atom is 0.124 e. The van der Waals surface area contributed by atoms with Gasteiger partial charge in [0.25, 0.3) is 0 Å². The number of para-hydroxylation sites is 1. The normalized spacial score (nSPS) is 12.4. The molecule has 0 aliphatic heterocycles. The number of benzene rings is 1. The smallest absolute Gasteiger partial charge is 0.124 e. The molecule has 1 aromatic rings. The fraction of sp³-hybridized carbons (Fsp3) is 0.571. The summed E-state index contributed by atoms with van der Waals surface area (Å²) in [7, 11) is 0. The summed E-state index contributed by atoms with van der Waals surface area (Å²) >= 11 is 0. The van der Waals surface area contributed by atoms with Crippen molar-refractivity contribution < 1.29 is 14.2 Å². The van der Waals surface area contributed by atoms with Crippen LogP contribution in [0.3, 0.4) is 0 Å². The van der Waals surface area contributed by atoms with Crippen molar-refractivity contribution in [3.8, 4) is 5.75 Å². The van der Waals surface area contributed by atoms with E-state index in [-0.39, 0.29) is 6.04 Å². The monoisotopic (exact) mass is 253 g/mol. The number of ether oxygens (including phenoxy) is 3. The van der Waals surface area contributed by atoms with Crippen molar-refractivity contribution in [1.82, 2.24) is 0 Å². The molecule has 0 aliphatic rings. The molecule has 1 atom stereocenters. The van der Waals surface area contributed by atoms with Crippen LogP contribution in [0.25, 0.3) is 0 Å². The first-order valence-corrected chi connectivity index (χ1v) is 6.42. The molecule has 0 bridgehead atoms. The molecule has 18 heavy (non-hydrogen) atoms. The van der Waals surface area contributed by atoms with Crippen molar-refractivity contribution in [2.75, 3.05) is 33.0 Å². The third kappa shape index (κ3) is 5.04. The Morgan fingerprint density at radius 1 is 1.06 bits per heavy atom. The van der Waals surface area contributed by atoms with E-state index < -0.39 is 0 Å². The molecule has 0 amide bonds. The van der Waals surface area contributed by atoms with E-state index in [4.69, 9.17) is 19.9 Å². The molecule has 0 fully saturated rings. The zero-order valence-electron chi connectivity index (χ0n) is 11.2. The first-order valence-electron chi connectivity index (χ1n) is 6.42. The molecule has 0 heterocycles. The van der Waals surface area contributed by atoms with E-state index in [2.05, 4.69) is 0 Å². The van der Waals surface area contributed by atoms with Gasteiger partial charge in [-0.05, 0) is 19.9 Å². The second-order valence-electron chi connectivity index (χ2n) is 3.85. The van der Waals surface area contributed by atoms with Gasteiger partial charge >= 0.3 is 0 Å². The number of nitrogens with two attached hydrogens (primary N) is 1. The van der Waals surface area contributed by atoms with Crippen LogP contribution in [-0.4, -0.2) is 33.0 Å². The number of hydrogen-bond acceptors (Lipinski definition) is 4. The van der Waals surface area contributed by atoms with Crippen LogP contribution in [0, 0.1) is 0 Å². The largest absolute Gasteiger partial charge is 0.494 e. The molecule has 1 unspecified atom stereocenters. The Morgan fingerprint density at radius 3 is 2.50 bits per heavy atom. The topological polar surface area (TPSA) is 53.7 Å². The molecule has 0 aliphatic carbocycles. The lowest BCUT2D eigenvalue weighted by molar-refractivity contribution is 0.0470. The lowest BCUT2D eigenvalue weighted by atomic mass is 10.1. The van der Waals surface area contributed by atoms with Gasteiger partial charge in [-0.2, -0.15) is 0 Å². The Hall–Kier alpha value is -1.10. The van der Waals surface area contributed by atoms with Crippen LogP contribution in [0.2, 0.25) is 0 Å². The molecular weight excluding hydrogens is 230 g/mol. The third-order valence-electron chi connectivity index (χ3n) is 2.49. The Bertz CT molecular complexity index is 331. The molecule has 0 saturated heterocycles. The van der Waals surface area contributed by atoms with Gasteiger partial charge in [0, 0.05) is 12.2 Å². The summed E-state index contributed by atoms with van der Waals surface area (Å²) in [5, 5.41) is 0. The quantitative estimate of drug-likeness (QED) is 0.685. The summed E-state index contributed by atoms with van der Waals surface area (Å²) in [6, 6.07) is 7.63. The van der Waals surface area contributed by atoms with Gasteiger partial charge in [0.1, 0.15) is 5.75 Å².